The largest absolute Gasteiger partial charge is 0.363 e. The molecule has 1 atom stereocenters. The molecule has 4 heteroatoms. The highest BCUT2D eigenvalue weighted by Crippen LogP contribution is 2.32. The minimum atomic E-state index is 0.208. The molecule has 2 rings (SSSR count). The second-order valence-corrected chi connectivity index (χ2v) is 5.15. The molecule has 1 aliphatic heterocycles. The first-order chi connectivity index (χ1) is 8.63. The van der Waals surface area contributed by atoms with Crippen LogP contribution in [0.5, 0.6) is 0 Å². The van der Waals surface area contributed by atoms with E-state index in [0.29, 0.717) is 0 Å². The number of aromatic nitrogens is 1. The molecule has 1 amide bonds. The van der Waals surface area contributed by atoms with E-state index in [0.717, 1.165) is 31.6 Å². The van der Waals surface area contributed by atoms with Crippen LogP contribution >= 0.6 is 0 Å². The number of carbonyl (C=O) groups excluding carboxylic acids is 1. The molecular weight excluding hydrogens is 226 g/mol. The number of nitrogens with zero attached hydrogens (tertiary/aromatic N) is 3. The smallest absolute Gasteiger partial charge is 0.210 e. The molecule has 0 saturated carbocycles. The molecule has 0 aromatic carbocycles. The van der Waals surface area contributed by atoms with Gasteiger partial charge in [0.2, 0.25) is 6.41 Å². The van der Waals surface area contributed by atoms with Gasteiger partial charge in [-0.15, -0.1) is 0 Å². The number of aryl methyl sites for hydroxylation is 1. The number of amides is 1. The molecule has 4 nitrogen and oxygen atoms in total. The van der Waals surface area contributed by atoms with Crippen LogP contribution in [0.4, 0.5) is 5.82 Å². The van der Waals surface area contributed by atoms with Crippen LogP contribution in [0.2, 0.25) is 0 Å². The number of hydrogen-bond donors (Lipinski definition) is 0. The zero-order valence-electron chi connectivity index (χ0n) is 11.4. The minimum absolute atomic E-state index is 0.208. The third-order valence-corrected chi connectivity index (χ3v) is 3.63. The monoisotopic (exact) mass is 247 g/mol. The van der Waals surface area contributed by atoms with Crippen LogP contribution in [0.3, 0.4) is 0 Å². The molecule has 98 valence electrons. The third kappa shape index (κ3) is 2.47. The van der Waals surface area contributed by atoms with Crippen molar-refractivity contribution in [2.75, 3.05) is 25.5 Å². The molecule has 1 saturated heterocycles. The van der Waals surface area contributed by atoms with Crippen molar-refractivity contribution in [2.24, 2.45) is 0 Å². The summed E-state index contributed by atoms with van der Waals surface area (Å²) < 4.78 is 0. The topological polar surface area (TPSA) is 36.4 Å². The van der Waals surface area contributed by atoms with E-state index in [4.69, 9.17) is 0 Å². The third-order valence-electron chi connectivity index (χ3n) is 3.63. The maximum Gasteiger partial charge on any atom is 0.210 e. The van der Waals surface area contributed by atoms with Gasteiger partial charge in [0, 0.05) is 26.8 Å². The predicted octanol–water partition coefficient (Wildman–Crippen LogP) is 2.14. The van der Waals surface area contributed by atoms with Crippen LogP contribution in [-0.2, 0) is 4.79 Å². The fourth-order valence-electron chi connectivity index (χ4n) is 2.56. The molecule has 0 bridgehead atoms. The minimum Gasteiger partial charge on any atom is -0.363 e. The summed E-state index contributed by atoms with van der Waals surface area (Å²) in [5.41, 5.74) is 2.40. The van der Waals surface area contributed by atoms with E-state index in [1.807, 2.05) is 30.1 Å². The maximum absolute atomic E-state index is 11.1. The number of carbonyl (C=O) groups is 1. The highest BCUT2D eigenvalue weighted by Gasteiger charge is 2.24. The first kappa shape index (κ1) is 12.9. The van der Waals surface area contributed by atoms with Gasteiger partial charge in [-0.2, -0.15) is 0 Å². The summed E-state index contributed by atoms with van der Waals surface area (Å²) in [6.07, 6.45) is 6.24. The molecule has 1 aliphatic rings. The van der Waals surface area contributed by atoms with Crippen LogP contribution in [0.15, 0.2) is 12.3 Å². The molecule has 1 fully saturated rings. The number of rotatable bonds is 3. The average Bonchev–Trinajstić information content (AvgIpc) is 2.38. The van der Waals surface area contributed by atoms with Gasteiger partial charge in [-0.1, -0.05) is 0 Å². The number of likely N-dealkylation sites (tertiary alicyclic amines) is 1. The molecule has 0 aliphatic carbocycles. The Kier molecular flexibility index (Phi) is 3.84. The second kappa shape index (κ2) is 5.38. The van der Waals surface area contributed by atoms with Gasteiger partial charge < -0.3 is 9.80 Å². The Hall–Kier alpha value is -1.58. The molecule has 1 unspecified atom stereocenters. The average molecular weight is 247 g/mol. The molecule has 0 spiro atoms. The zero-order valence-corrected chi connectivity index (χ0v) is 11.4. The van der Waals surface area contributed by atoms with Crippen molar-refractivity contribution in [2.45, 2.75) is 32.2 Å². The van der Waals surface area contributed by atoms with E-state index >= 15 is 0 Å². The van der Waals surface area contributed by atoms with Gasteiger partial charge in [-0.3, -0.25) is 4.79 Å². The van der Waals surface area contributed by atoms with Gasteiger partial charge in [-0.05, 0) is 43.4 Å². The Bertz CT molecular complexity index is 431. The Balaban J connectivity index is 2.29. The molecule has 1 aromatic heterocycles. The fourth-order valence-corrected chi connectivity index (χ4v) is 2.56. The zero-order chi connectivity index (χ0) is 13.1. The number of piperidine rings is 1. The van der Waals surface area contributed by atoms with Gasteiger partial charge in [0.25, 0.3) is 0 Å². The number of pyridine rings is 1. The first-order valence-electron chi connectivity index (χ1n) is 6.48. The van der Waals surface area contributed by atoms with Gasteiger partial charge in [0.05, 0.1) is 6.04 Å². The van der Waals surface area contributed by atoms with Crippen LogP contribution in [-0.4, -0.2) is 36.9 Å². The van der Waals surface area contributed by atoms with Gasteiger partial charge in [0.1, 0.15) is 5.82 Å². The fraction of sp³-hybridized carbons (Fsp3) is 0.571. The van der Waals surface area contributed by atoms with E-state index in [9.17, 15) is 4.79 Å². The lowest BCUT2D eigenvalue weighted by Crippen LogP contribution is -2.32. The summed E-state index contributed by atoms with van der Waals surface area (Å²) >= 11 is 0. The quantitative estimate of drug-likeness (QED) is 0.768. The second-order valence-electron chi connectivity index (χ2n) is 5.15. The Morgan fingerprint density at radius 1 is 1.44 bits per heavy atom. The van der Waals surface area contributed by atoms with Crippen LogP contribution in [0, 0.1) is 6.92 Å². The van der Waals surface area contributed by atoms with E-state index in [1.54, 1.807) is 0 Å². The van der Waals surface area contributed by atoms with Gasteiger partial charge in [-0.25, -0.2) is 4.98 Å². The lowest BCUT2D eigenvalue weighted by molar-refractivity contribution is -0.121. The highest BCUT2D eigenvalue weighted by atomic mass is 16.1. The maximum atomic E-state index is 11.1. The van der Waals surface area contributed by atoms with Gasteiger partial charge in [0.15, 0.2) is 0 Å². The van der Waals surface area contributed by atoms with E-state index < -0.39 is 0 Å². The molecule has 0 radical (unpaired) electrons. The molecule has 1 aromatic rings. The normalized spacial score (nSPS) is 19.7. The molecule has 0 N–H and O–H groups in total. The lowest BCUT2D eigenvalue weighted by atomic mass is 9.94. The van der Waals surface area contributed by atoms with Crippen molar-refractivity contribution < 1.29 is 4.79 Å². The van der Waals surface area contributed by atoms with Crippen molar-refractivity contribution >= 4 is 12.2 Å². The van der Waals surface area contributed by atoms with E-state index in [-0.39, 0.29) is 6.04 Å². The van der Waals surface area contributed by atoms with Gasteiger partial charge >= 0.3 is 0 Å². The van der Waals surface area contributed by atoms with Crippen molar-refractivity contribution in [3.05, 3.63) is 23.4 Å². The van der Waals surface area contributed by atoms with Crippen LogP contribution in [0.1, 0.15) is 36.4 Å². The summed E-state index contributed by atoms with van der Waals surface area (Å²) in [5, 5.41) is 0. The van der Waals surface area contributed by atoms with Crippen LogP contribution in [0.25, 0.3) is 0 Å². The molecule has 18 heavy (non-hydrogen) atoms. The van der Waals surface area contributed by atoms with Crippen molar-refractivity contribution in [1.29, 1.82) is 0 Å². The van der Waals surface area contributed by atoms with E-state index in [1.165, 1.54) is 17.5 Å². The van der Waals surface area contributed by atoms with Crippen molar-refractivity contribution in [3.8, 4) is 0 Å². The SMILES string of the molecule is Cc1cc(N(C)C)ncc1C1CCCCN1C=O. The van der Waals surface area contributed by atoms with Crippen molar-refractivity contribution in [3.63, 3.8) is 0 Å². The van der Waals surface area contributed by atoms with Crippen LogP contribution < -0.4 is 4.90 Å². The first-order valence-corrected chi connectivity index (χ1v) is 6.48. The summed E-state index contributed by atoms with van der Waals surface area (Å²) in [4.78, 5) is 19.5. The summed E-state index contributed by atoms with van der Waals surface area (Å²) in [6, 6.07) is 2.30. The van der Waals surface area contributed by atoms with Crippen molar-refractivity contribution in [1.82, 2.24) is 9.88 Å². The Morgan fingerprint density at radius 3 is 2.83 bits per heavy atom. The van der Waals surface area contributed by atoms with E-state index in [2.05, 4.69) is 18.0 Å². The summed E-state index contributed by atoms with van der Waals surface area (Å²) in [7, 11) is 3.97. The Morgan fingerprint density at radius 2 is 2.22 bits per heavy atom. The number of hydrogen-bond acceptors (Lipinski definition) is 3. The summed E-state index contributed by atoms with van der Waals surface area (Å²) in [5.74, 6) is 0.963. The number of anilines is 1. The molecule has 2 heterocycles. The molecular formula is C14H21N3O. The Labute approximate surface area is 109 Å². The highest BCUT2D eigenvalue weighted by molar-refractivity contribution is 5.50. The standard InChI is InChI=1S/C14H21N3O/c1-11-8-14(16(2)3)15-9-12(11)13-6-4-5-7-17(13)10-18/h8-10,13H,4-7H2,1-3H3. The predicted molar refractivity (Wildman–Crippen MR) is 72.7 cm³/mol. The summed E-state index contributed by atoms with van der Waals surface area (Å²) in [6.45, 7) is 2.96. The lowest BCUT2D eigenvalue weighted by Gasteiger charge is -2.33.